The Bertz CT molecular complexity index is 876. The number of rotatable bonds is 1. The lowest BCUT2D eigenvalue weighted by Crippen LogP contribution is -2.17. The Morgan fingerprint density at radius 3 is 2.04 bits per heavy atom. The Hall–Kier alpha value is -2.09. The fraction of sp³-hybridized carbons (Fsp3) is 0.480. The van der Waals surface area contributed by atoms with Crippen LogP contribution in [0, 0.1) is 13.8 Å². The maximum absolute atomic E-state index is 12.9. The Morgan fingerprint density at radius 1 is 0.852 bits per heavy atom. The van der Waals surface area contributed by atoms with Gasteiger partial charge in [0.05, 0.1) is 0 Å². The number of carbonyl (C=O) groups is 1. The zero-order valence-electron chi connectivity index (χ0n) is 17.3. The number of hydrogen-bond donors (Lipinski definition) is 0. The third-order valence-electron chi connectivity index (χ3n) is 5.29. The number of hydrogen-bond acceptors (Lipinski definition) is 2. The molecule has 146 valence electrons. The molecule has 2 nitrogen and oxygen atoms in total. The summed E-state index contributed by atoms with van der Waals surface area (Å²) in [6.45, 7) is 17.3. The van der Waals surface area contributed by atoms with Crippen LogP contribution in [-0.4, -0.2) is 5.97 Å². The van der Waals surface area contributed by atoms with E-state index in [2.05, 4.69) is 85.7 Å². The van der Waals surface area contributed by atoms with E-state index < -0.39 is 0 Å². The van der Waals surface area contributed by atoms with E-state index in [1.807, 2.05) is 0 Å². The molecule has 0 aromatic heterocycles. The number of fused-ring (bicyclic) bond motifs is 1. The molecule has 3 rings (SSSR count). The molecule has 0 saturated heterocycles. The Balaban J connectivity index is 0.00000261. The smallest absolute Gasteiger partial charge is 0.323 e. The topological polar surface area (TPSA) is 26.3 Å². The largest absolute Gasteiger partial charge is 0.425 e. The van der Waals surface area contributed by atoms with E-state index in [9.17, 15) is 4.79 Å². The summed E-state index contributed by atoms with van der Waals surface area (Å²) in [7, 11) is 0. The van der Waals surface area contributed by atoms with Crippen LogP contribution in [0.3, 0.4) is 0 Å². The van der Waals surface area contributed by atoms with Gasteiger partial charge in [-0.1, -0.05) is 84.9 Å². The molecule has 1 aliphatic rings. The number of benzene rings is 2. The monoisotopic (exact) mass is 366 g/mol. The van der Waals surface area contributed by atoms with Gasteiger partial charge in [0.1, 0.15) is 11.7 Å². The SMILES string of the molecule is C.Cc1ccc(C)c(C2C(=O)Oc3c2cc(C(C)(C)C)cc3C(C)(C)C)c1. The molecular weight excluding hydrogens is 332 g/mol. The van der Waals surface area contributed by atoms with Crippen LogP contribution < -0.4 is 4.74 Å². The highest BCUT2D eigenvalue weighted by molar-refractivity contribution is 5.91. The molecule has 0 saturated carbocycles. The second-order valence-electron chi connectivity index (χ2n) is 9.66. The number of ether oxygens (including phenoxy) is 1. The average Bonchev–Trinajstić information content (AvgIpc) is 2.82. The molecule has 2 aromatic rings. The van der Waals surface area contributed by atoms with E-state index in [4.69, 9.17) is 4.74 Å². The van der Waals surface area contributed by atoms with Crippen LogP contribution in [0.25, 0.3) is 0 Å². The molecule has 0 N–H and O–H groups in total. The molecule has 2 aromatic carbocycles. The van der Waals surface area contributed by atoms with E-state index in [0.29, 0.717) is 0 Å². The van der Waals surface area contributed by atoms with Crippen molar-refractivity contribution < 1.29 is 9.53 Å². The van der Waals surface area contributed by atoms with Gasteiger partial charge in [0.2, 0.25) is 0 Å². The number of carbonyl (C=O) groups excluding carboxylic acids is 1. The molecule has 0 aliphatic carbocycles. The van der Waals surface area contributed by atoms with Gasteiger partial charge in [0.15, 0.2) is 0 Å². The predicted molar refractivity (Wildman–Crippen MR) is 114 cm³/mol. The van der Waals surface area contributed by atoms with Gasteiger partial charge in [-0.15, -0.1) is 0 Å². The van der Waals surface area contributed by atoms with Gasteiger partial charge >= 0.3 is 5.97 Å². The molecule has 1 atom stereocenters. The summed E-state index contributed by atoms with van der Waals surface area (Å²) >= 11 is 0. The van der Waals surface area contributed by atoms with Gasteiger partial charge in [-0.2, -0.15) is 0 Å². The predicted octanol–water partition coefficient (Wildman–Crippen LogP) is 6.59. The first kappa shape index (κ1) is 21.2. The first-order chi connectivity index (χ1) is 11.9. The van der Waals surface area contributed by atoms with Crippen LogP contribution in [0.1, 0.15) is 88.3 Å². The van der Waals surface area contributed by atoms with Gasteiger partial charge in [-0.25, -0.2) is 0 Å². The molecule has 0 spiro atoms. The molecule has 1 aliphatic heterocycles. The summed E-state index contributed by atoms with van der Waals surface area (Å²) < 4.78 is 5.86. The van der Waals surface area contributed by atoms with Gasteiger partial charge in [-0.3, -0.25) is 4.79 Å². The van der Waals surface area contributed by atoms with Crippen molar-refractivity contribution in [2.45, 2.75) is 79.6 Å². The molecular formula is C25H34O2. The lowest BCUT2D eigenvalue weighted by atomic mass is 9.77. The van der Waals surface area contributed by atoms with E-state index in [0.717, 1.165) is 33.6 Å². The van der Waals surface area contributed by atoms with Crippen molar-refractivity contribution in [3.63, 3.8) is 0 Å². The Labute approximate surface area is 165 Å². The minimum Gasteiger partial charge on any atom is -0.425 e. The van der Waals surface area contributed by atoms with Crippen molar-refractivity contribution in [2.24, 2.45) is 0 Å². The van der Waals surface area contributed by atoms with Crippen molar-refractivity contribution >= 4 is 5.97 Å². The first-order valence-electron chi connectivity index (χ1n) is 9.37. The third-order valence-corrected chi connectivity index (χ3v) is 5.29. The quantitative estimate of drug-likeness (QED) is 0.420. The highest BCUT2D eigenvalue weighted by Crippen LogP contribution is 2.47. The van der Waals surface area contributed by atoms with Crippen molar-refractivity contribution in [3.05, 3.63) is 63.7 Å². The molecule has 1 unspecified atom stereocenters. The maximum atomic E-state index is 12.9. The fourth-order valence-corrected chi connectivity index (χ4v) is 3.62. The van der Waals surface area contributed by atoms with Crippen LogP contribution in [0.2, 0.25) is 0 Å². The molecule has 27 heavy (non-hydrogen) atoms. The summed E-state index contributed by atoms with van der Waals surface area (Å²) in [5, 5.41) is 0. The van der Waals surface area contributed by atoms with Crippen LogP contribution in [0.4, 0.5) is 0 Å². The van der Waals surface area contributed by atoms with Crippen molar-refractivity contribution in [1.29, 1.82) is 0 Å². The molecule has 2 heteroatoms. The fourth-order valence-electron chi connectivity index (χ4n) is 3.62. The second kappa shape index (κ2) is 6.82. The lowest BCUT2D eigenvalue weighted by Gasteiger charge is -2.27. The van der Waals surface area contributed by atoms with Crippen molar-refractivity contribution in [3.8, 4) is 5.75 Å². The second-order valence-corrected chi connectivity index (χ2v) is 9.66. The molecule has 0 fully saturated rings. The summed E-state index contributed by atoms with van der Waals surface area (Å²) in [5.41, 5.74) is 6.63. The van der Waals surface area contributed by atoms with Gasteiger partial charge < -0.3 is 4.74 Å². The molecule has 0 amide bonds. The van der Waals surface area contributed by atoms with Crippen LogP contribution in [0.5, 0.6) is 5.75 Å². The van der Waals surface area contributed by atoms with E-state index in [-0.39, 0.29) is 30.1 Å². The van der Waals surface area contributed by atoms with E-state index >= 15 is 0 Å². The normalized spacial score (nSPS) is 16.6. The molecule has 0 bridgehead atoms. The van der Waals surface area contributed by atoms with Gasteiger partial charge in [0.25, 0.3) is 0 Å². The summed E-state index contributed by atoms with van der Waals surface area (Å²) in [6.07, 6.45) is 0. The minimum atomic E-state index is -0.340. The number of aryl methyl sites for hydroxylation is 2. The third kappa shape index (κ3) is 3.81. The van der Waals surface area contributed by atoms with Gasteiger partial charge in [-0.05, 0) is 41.4 Å². The Morgan fingerprint density at radius 2 is 1.48 bits per heavy atom. The van der Waals surface area contributed by atoms with Crippen LogP contribution in [0.15, 0.2) is 30.3 Å². The Kier molecular flexibility index (Phi) is 5.35. The maximum Gasteiger partial charge on any atom is 0.323 e. The zero-order chi connectivity index (χ0) is 19.4. The lowest BCUT2D eigenvalue weighted by molar-refractivity contribution is -0.133. The van der Waals surface area contributed by atoms with Gasteiger partial charge in [0, 0.05) is 11.1 Å². The highest BCUT2D eigenvalue weighted by Gasteiger charge is 2.40. The van der Waals surface area contributed by atoms with Crippen LogP contribution in [-0.2, 0) is 15.6 Å². The van der Waals surface area contributed by atoms with Crippen molar-refractivity contribution in [2.75, 3.05) is 0 Å². The van der Waals surface area contributed by atoms with Crippen molar-refractivity contribution in [1.82, 2.24) is 0 Å². The summed E-state index contributed by atoms with van der Waals surface area (Å²) in [6, 6.07) is 10.7. The molecule has 1 heterocycles. The standard InChI is InChI=1S/C24H30O2.CH4/c1-14-9-10-15(2)17(11-14)20-18-12-16(23(3,4)5)13-19(24(6,7)8)21(18)26-22(20)25;/h9-13,20H,1-8H3;1H4. The minimum absolute atomic E-state index is 0. The summed E-state index contributed by atoms with van der Waals surface area (Å²) in [5.74, 6) is 0.264. The average molecular weight is 367 g/mol. The summed E-state index contributed by atoms with van der Waals surface area (Å²) in [4.78, 5) is 12.9. The van der Waals surface area contributed by atoms with E-state index in [1.54, 1.807) is 0 Å². The molecule has 0 radical (unpaired) electrons. The van der Waals surface area contributed by atoms with E-state index in [1.165, 1.54) is 5.56 Å². The first-order valence-corrected chi connectivity index (χ1v) is 9.37. The number of esters is 1. The zero-order valence-corrected chi connectivity index (χ0v) is 17.3. The van der Waals surface area contributed by atoms with Crippen LogP contribution >= 0.6 is 0 Å². The highest BCUT2D eigenvalue weighted by atomic mass is 16.5.